The summed E-state index contributed by atoms with van der Waals surface area (Å²) in [6.45, 7) is 2.03. The third-order valence-corrected chi connectivity index (χ3v) is 4.33. The smallest absolute Gasteiger partial charge is 0.0929 e. The summed E-state index contributed by atoms with van der Waals surface area (Å²) in [6, 6.07) is 4.37. The highest BCUT2D eigenvalue weighted by molar-refractivity contribution is 7.12. The van der Waals surface area contributed by atoms with Crippen LogP contribution in [0, 0.1) is 18.3 Å². The van der Waals surface area contributed by atoms with Gasteiger partial charge < -0.3 is 0 Å². The molecule has 1 aliphatic carbocycles. The van der Waals surface area contributed by atoms with E-state index in [0.29, 0.717) is 0 Å². The summed E-state index contributed by atoms with van der Waals surface area (Å²) in [4.78, 5) is 2.28. The van der Waals surface area contributed by atoms with Crippen molar-refractivity contribution in [1.82, 2.24) is 0 Å². The standard InChI is InChI=1S/C10H10ClNS/c1-7-5-8(11)9(13-7)10(6-12)3-2-4-10/h5H,2-4H2,1H3. The van der Waals surface area contributed by atoms with Crippen molar-refractivity contribution in [2.75, 3.05) is 0 Å². The number of halogens is 1. The molecular weight excluding hydrogens is 202 g/mol. The Labute approximate surface area is 87.0 Å². The lowest BCUT2D eigenvalue weighted by molar-refractivity contribution is 0.330. The molecule has 1 fully saturated rings. The van der Waals surface area contributed by atoms with Crippen molar-refractivity contribution in [3.05, 3.63) is 20.8 Å². The summed E-state index contributed by atoms with van der Waals surface area (Å²) in [5.74, 6) is 0. The quantitative estimate of drug-likeness (QED) is 0.696. The molecule has 1 nitrogen and oxygen atoms in total. The molecule has 13 heavy (non-hydrogen) atoms. The number of nitriles is 1. The number of rotatable bonds is 1. The predicted molar refractivity (Wildman–Crippen MR) is 55.2 cm³/mol. The fourth-order valence-electron chi connectivity index (χ4n) is 1.73. The maximum absolute atomic E-state index is 9.12. The Morgan fingerprint density at radius 1 is 1.62 bits per heavy atom. The van der Waals surface area contributed by atoms with Crippen LogP contribution in [0.25, 0.3) is 0 Å². The number of thiophene rings is 1. The third kappa shape index (κ3) is 1.27. The van der Waals surface area contributed by atoms with Crippen molar-refractivity contribution in [3.63, 3.8) is 0 Å². The van der Waals surface area contributed by atoms with Crippen molar-refractivity contribution in [2.45, 2.75) is 31.6 Å². The van der Waals surface area contributed by atoms with Crippen LogP contribution in [0.15, 0.2) is 6.07 Å². The molecule has 0 saturated heterocycles. The van der Waals surface area contributed by atoms with Gasteiger partial charge in [-0.3, -0.25) is 0 Å². The normalized spacial score (nSPS) is 19.2. The lowest BCUT2D eigenvalue weighted by atomic mass is 9.69. The van der Waals surface area contributed by atoms with Crippen LogP contribution in [0.3, 0.4) is 0 Å². The highest BCUT2D eigenvalue weighted by Gasteiger charge is 2.41. The molecule has 1 saturated carbocycles. The maximum Gasteiger partial charge on any atom is 0.0929 e. The van der Waals surface area contributed by atoms with E-state index in [0.717, 1.165) is 29.2 Å². The molecule has 0 spiro atoms. The van der Waals surface area contributed by atoms with E-state index >= 15 is 0 Å². The van der Waals surface area contributed by atoms with Crippen molar-refractivity contribution >= 4 is 22.9 Å². The monoisotopic (exact) mass is 211 g/mol. The van der Waals surface area contributed by atoms with E-state index in [1.807, 2.05) is 13.0 Å². The molecule has 1 aliphatic rings. The van der Waals surface area contributed by atoms with E-state index in [4.69, 9.17) is 16.9 Å². The first-order valence-electron chi connectivity index (χ1n) is 4.36. The molecule has 0 bridgehead atoms. The zero-order chi connectivity index (χ0) is 9.47. The molecule has 2 rings (SSSR count). The summed E-state index contributed by atoms with van der Waals surface area (Å²) >= 11 is 7.75. The molecule has 1 aromatic heterocycles. The van der Waals surface area contributed by atoms with E-state index in [1.54, 1.807) is 11.3 Å². The topological polar surface area (TPSA) is 23.8 Å². The van der Waals surface area contributed by atoms with Crippen LogP contribution in [0.5, 0.6) is 0 Å². The highest BCUT2D eigenvalue weighted by Crippen LogP contribution is 2.48. The summed E-state index contributed by atoms with van der Waals surface area (Å²) in [7, 11) is 0. The van der Waals surface area contributed by atoms with Gasteiger partial charge in [0.05, 0.1) is 16.5 Å². The van der Waals surface area contributed by atoms with Gasteiger partial charge >= 0.3 is 0 Å². The van der Waals surface area contributed by atoms with Gasteiger partial charge in [-0.05, 0) is 32.3 Å². The van der Waals surface area contributed by atoms with Crippen molar-refractivity contribution in [2.24, 2.45) is 0 Å². The zero-order valence-electron chi connectivity index (χ0n) is 7.43. The summed E-state index contributed by atoms with van der Waals surface area (Å²) in [6.07, 6.45) is 3.10. The first kappa shape index (κ1) is 9.05. The fraction of sp³-hybridized carbons (Fsp3) is 0.500. The third-order valence-electron chi connectivity index (χ3n) is 2.67. The van der Waals surface area contributed by atoms with E-state index in [-0.39, 0.29) is 5.41 Å². The Morgan fingerprint density at radius 3 is 2.62 bits per heavy atom. The SMILES string of the molecule is Cc1cc(Cl)c(C2(C#N)CCC2)s1. The van der Waals surface area contributed by atoms with Crippen molar-refractivity contribution in [3.8, 4) is 6.07 Å². The second-order valence-electron chi connectivity index (χ2n) is 3.58. The van der Waals surface area contributed by atoms with Gasteiger partial charge in [-0.25, -0.2) is 0 Å². The van der Waals surface area contributed by atoms with Crippen LogP contribution in [0.1, 0.15) is 29.0 Å². The minimum atomic E-state index is -0.240. The fourth-order valence-corrected chi connectivity index (χ4v) is 3.35. The van der Waals surface area contributed by atoms with Gasteiger partial charge in [0.25, 0.3) is 0 Å². The van der Waals surface area contributed by atoms with E-state index in [1.165, 1.54) is 4.88 Å². The highest BCUT2D eigenvalue weighted by atomic mass is 35.5. The van der Waals surface area contributed by atoms with Crippen LogP contribution < -0.4 is 0 Å². The molecule has 0 aromatic carbocycles. The first-order chi connectivity index (χ1) is 6.18. The second-order valence-corrected chi connectivity index (χ2v) is 5.25. The minimum absolute atomic E-state index is 0.240. The van der Waals surface area contributed by atoms with Crippen molar-refractivity contribution < 1.29 is 0 Å². The average molecular weight is 212 g/mol. The lowest BCUT2D eigenvalue weighted by Gasteiger charge is -2.34. The molecule has 0 N–H and O–H groups in total. The van der Waals surface area contributed by atoms with Gasteiger partial charge in [0.15, 0.2) is 0 Å². The molecule has 68 valence electrons. The molecule has 0 aliphatic heterocycles. The van der Waals surface area contributed by atoms with E-state index in [9.17, 15) is 0 Å². The summed E-state index contributed by atoms with van der Waals surface area (Å²) in [5.41, 5.74) is -0.240. The predicted octanol–water partition coefficient (Wildman–Crippen LogP) is 3.66. The Morgan fingerprint density at radius 2 is 2.31 bits per heavy atom. The summed E-state index contributed by atoms with van der Waals surface area (Å²) in [5, 5.41) is 9.90. The lowest BCUT2D eigenvalue weighted by Crippen LogP contribution is -2.31. The molecule has 0 amide bonds. The molecule has 0 atom stereocenters. The van der Waals surface area contributed by atoms with Crippen LogP contribution in [-0.2, 0) is 5.41 Å². The Bertz CT molecular complexity index is 371. The number of hydrogen-bond donors (Lipinski definition) is 0. The molecule has 0 unspecified atom stereocenters. The molecular formula is C10H10ClNS. The number of aryl methyl sites for hydroxylation is 1. The maximum atomic E-state index is 9.12. The van der Waals surface area contributed by atoms with Crippen molar-refractivity contribution in [1.29, 1.82) is 5.26 Å². The van der Waals surface area contributed by atoms with Gasteiger partial charge in [0.2, 0.25) is 0 Å². The van der Waals surface area contributed by atoms with Crippen LogP contribution in [0.2, 0.25) is 5.02 Å². The molecule has 3 heteroatoms. The first-order valence-corrected chi connectivity index (χ1v) is 5.55. The van der Waals surface area contributed by atoms with Crippen LogP contribution in [-0.4, -0.2) is 0 Å². The largest absolute Gasteiger partial charge is 0.197 e. The Hall–Kier alpha value is -0.520. The van der Waals surface area contributed by atoms with Gasteiger partial charge in [0.1, 0.15) is 0 Å². The van der Waals surface area contributed by atoms with E-state index < -0.39 is 0 Å². The van der Waals surface area contributed by atoms with Crippen LogP contribution in [0.4, 0.5) is 0 Å². The van der Waals surface area contributed by atoms with Crippen LogP contribution >= 0.6 is 22.9 Å². The second kappa shape index (κ2) is 3.01. The number of hydrogen-bond acceptors (Lipinski definition) is 2. The molecule has 0 radical (unpaired) electrons. The zero-order valence-corrected chi connectivity index (χ0v) is 9.00. The molecule has 1 aromatic rings. The van der Waals surface area contributed by atoms with Gasteiger partial charge in [-0.1, -0.05) is 11.6 Å². The number of nitrogens with zero attached hydrogens (tertiary/aromatic N) is 1. The van der Waals surface area contributed by atoms with E-state index in [2.05, 4.69) is 6.07 Å². The Balaban J connectivity index is 2.45. The van der Waals surface area contributed by atoms with Gasteiger partial charge in [0, 0.05) is 9.75 Å². The molecule has 1 heterocycles. The Kier molecular flexibility index (Phi) is 2.09. The average Bonchev–Trinajstić information content (AvgIpc) is 2.30. The van der Waals surface area contributed by atoms with Gasteiger partial charge in [-0.2, -0.15) is 5.26 Å². The van der Waals surface area contributed by atoms with Gasteiger partial charge in [-0.15, -0.1) is 11.3 Å². The minimum Gasteiger partial charge on any atom is -0.197 e. The summed E-state index contributed by atoms with van der Waals surface area (Å²) < 4.78 is 0.